The predicted octanol–water partition coefficient (Wildman–Crippen LogP) is 4.36. The van der Waals surface area contributed by atoms with E-state index in [1.807, 2.05) is 19.1 Å². The molecule has 4 aromatic rings. The monoisotopic (exact) mass is 576 g/mol. The summed E-state index contributed by atoms with van der Waals surface area (Å²) >= 11 is 0. The summed E-state index contributed by atoms with van der Waals surface area (Å²) in [5.74, 6) is -0.707. The summed E-state index contributed by atoms with van der Waals surface area (Å²) in [4.78, 5) is 4.08. The first-order valence-corrected chi connectivity index (χ1v) is 8.53. The summed E-state index contributed by atoms with van der Waals surface area (Å²) in [5, 5.41) is 12.8. The molecule has 0 spiro atoms. The number of aryl methyl sites for hydroxylation is 3. The Bertz CT molecular complexity index is 1090. The van der Waals surface area contributed by atoms with Gasteiger partial charge in [0.15, 0.2) is 0 Å². The van der Waals surface area contributed by atoms with Crippen LogP contribution < -0.4 is 0 Å². The van der Waals surface area contributed by atoms with Crippen molar-refractivity contribution in [3.63, 3.8) is 0 Å². The van der Waals surface area contributed by atoms with Crippen LogP contribution in [0.15, 0.2) is 54.9 Å². The number of aromatic nitrogens is 4. The summed E-state index contributed by atoms with van der Waals surface area (Å²) in [6, 6.07) is 14.1. The van der Waals surface area contributed by atoms with E-state index in [1.54, 1.807) is 55.2 Å². The van der Waals surface area contributed by atoms with E-state index in [0.29, 0.717) is 11.6 Å². The molecule has 0 aliphatic rings. The maximum Gasteiger partial charge on any atom is 0.115 e. The molecule has 2 aromatic carbocycles. The number of halogens is 2. The van der Waals surface area contributed by atoms with Gasteiger partial charge in [0.25, 0.3) is 0 Å². The molecule has 8 heteroatoms. The van der Waals surface area contributed by atoms with Crippen molar-refractivity contribution in [3.05, 3.63) is 83.9 Å². The number of phenolic OH excluding ortho intramolecular Hbond substituents is 1. The molecule has 0 unspecified atom stereocenters. The second-order valence-corrected chi connectivity index (χ2v) is 6.23. The number of phenols is 1. The minimum absolute atomic E-state index is 0. The molecule has 5 nitrogen and oxygen atoms in total. The van der Waals surface area contributed by atoms with E-state index >= 15 is 0 Å². The SMILES string of the molecule is Cc1cc(C)n(-c2[c-]c(-c3nccn3C)c(F)cc2F)n1.Oc1ccccc1.[Pt]. The summed E-state index contributed by atoms with van der Waals surface area (Å²) in [7, 11) is 1.74. The number of aromatic hydroxyl groups is 1. The van der Waals surface area contributed by atoms with Crippen molar-refractivity contribution in [1.82, 2.24) is 19.3 Å². The Morgan fingerprint density at radius 2 is 1.72 bits per heavy atom. The number of imidazole rings is 1. The van der Waals surface area contributed by atoms with Gasteiger partial charge in [-0.3, -0.25) is 18.4 Å². The van der Waals surface area contributed by atoms with Crippen molar-refractivity contribution in [2.45, 2.75) is 13.8 Å². The molecule has 0 amide bonds. The molecular formula is C21H19F2N4OPt-. The van der Waals surface area contributed by atoms with Gasteiger partial charge in [0.05, 0.1) is 17.3 Å². The molecule has 2 heterocycles. The number of hydrogen-bond acceptors (Lipinski definition) is 3. The van der Waals surface area contributed by atoms with Crippen molar-refractivity contribution < 1.29 is 35.0 Å². The van der Waals surface area contributed by atoms with Gasteiger partial charge in [0.1, 0.15) is 5.75 Å². The van der Waals surface area contributed by atoms with Crippen molar-refractivity contribution in [2.24, 2.45) is 7.05 Å². The van der Waals surface area contributed by atoms with Crippen molar-refractivity contribution in [2.75, 3.05) is 0 Å². The van der Waals surface area contributed by atoms with Crippen LogP contribution >= 0.6 is 0 Å². The fourth-order valence-corrected chi connectivity index (χ4v) is 2.70. The molecule has 0 fully saturated rings. The van der Waals surface area contributed by atoms with Gasteiger partial charge in [0.2, 0.25) is 0 Å². The first-order valence-electron chi connectivity index (χ1n) is 8.53. The topological polar surface area (TPSA) is 55.9 Å². The average molecular weight is 576 g/mol. The van der Waals surface area contributed by atoms with E-state index in [0.717, 1.165) is 17.5 Å². The van der Waals surface area contributed by atoms with Crippen LogP contribution in [0.4, 0.5) is 8.78 Å². The third kappa shape index (κ3) is 5.18. The Labute approximate surface area is 181 Å². The van der Waals surface area contributed by atoms with Gasteiger partial charge in [-0.2, -0.15) is 5.10 Å². The largest absolute Gasteiger partial charge is 0.508 e. The fourth-order valence-electron chi connectivity index (χ4n) is 2.70. The van der Waals surface area contributed by atoms with Gasteiger partial charge in [-0.15, -0.1) is 6.07 Å². The summed E-state index contributed by atoms with van der Waals surface area (Å²) in [6.07, 6.45) is 3.24. The molecular weight excluding hydrogens is 557 g/mol. The number of para-hydroxylation sites is 1. The van der Waals surface area contributed by atoms with Crippen molar-refractivity contribution in [3.8, 4) is 22.8 Å². The molecule has 0 saturated heterocycles. The first kappa shape index (κ1) is 22.5. The van der Waals surface area contributed by atoms with Gasteiger partial charge in [-0.1, -0.05) is 29.8 Å². The molecule has 0 aliphatic heterocycles. The fraction of sp³-hybridized carbons (Fsp3) is 0.143. The van der Waals surface area contributed by atoms with Crippen LogP contribution in [0.1, 0.15) is 11.4 Å². The number of nitrogens with zero attached hydrogens (tertiary/aromatic N) is 4. The Hall–Kier alpha value is -2.79. The minimum atomic E-state index is -0.711. The molecule has 0 radical (unpaired) electrons. The van der Waals surface area contributed by atoms with E-state index in [4.69, 9.17) is 5.11 Å². The summed E-state index contributed by atoms with van der Waals surface area (Å²) in [5.41, 5.74) is 1.70. The zero-order valence-electron chi connectivity index (χ0n) is 16.0. The maximum absolute atomic E-state index is 14.1. The summed E-state index contributed by atoms with van der Waals surface area (Å²) in [6.45, 7) is 3.61. The van der Waals surface area contributed by atoms with Crippen LogP contribution in [0, 0.1) is 31.5 Å². The first-order chi connectivity index (χ1) is 13.4. The van der Waals surface area contributed by atoms with E-state index < -0.39 is 11.6 Å². The molecule has 0 saturated carbocycles. The van der Waals surface area contributed by atoms with Crippen LogP contribution in [0.5, 0.6) is 5.75 Å². The second kappa shape index (κ2) is 9.61. The normalized spacial score (nSPS) is 10.1. The van der Waals surface area contributed by atoms with Crippen molar-refractivity contribution in [1.29, 1.82) is 0 Å². The van der Waals surface area contributed by atoms with E-state index in [1.165, 1.54) is 4.68 Å². The van der Waals surface area contributed by atoms with Gasteiger partial charge in [-0.25, -0.2) is 0 Å². The predicted molar refractivity (Wildman–Crippen MR) is 102 cm³/mol. The van der Waals surface area contributed by atoms with Crippen LogP contribution in [0.25, 0.3) is 17.1 Å². The molecule has 154 valence electrons. The third-order valence-electron chi connectivity index (χ3n) is 3.98. The zero-order chi connectivity index (χ0) is 20.3. The Morgan fingerprint density at radius 3 is 2.21 bits per heavy atom. The molecule has 0 bridgehead atoms. The zero-order valence-corrected chi connectivity index (χ0v) is 18.3. The maximum atomic E-state index is 14.1. The van der Waals surface area contributed by atoms with Crippen LogP contribution in [-0.4, -0.2) is 24.4 Å². The van der Waals surface area contributed by atoms with Crippen LogP contribution in [0.3, 0.4) is 0 Å². The van der Waals surface area contributed by atoms with Crippen molar-refractivity contribution >= 4 is 0 Å². The summed E-state index contributed by atoms with van der Waals surface area (Å²) < 4.78 is 31.2. The Balaban J connectivity index is 0.000000319. The van der Waals surface area contributed by atoms with Gasteiger partial charge in [-0.05, 0) is 32.0 Å². The van der Waals surface area contributed by atoms with E-state index in [-0.39, 0.29) is 32.3 Å². The molecule has 0 aliphatic carbocycles. The van der Waals surface area contributed by atoms with E-state index in [9.17, 15) is 8.78 Å². The Morgan fingerprint density at radius 1 is 1.03 bits per heavy atom. The molecule has 2 aromatic heterocycles. The van der Waals surface area contributed by atoms with Gasteiger partial charge in [0, 0.05) is 57.7 Å². The number of benzene rings is 2. The minimum Gasteiger partial charge on any atom is -0.508 e. The smallest absolute Gasteiger partial charge is 0.115 e. The van der Waals surface area contributed by atoms with Gasteiger partial charge < -0.3 is 9.67 Å². The quantitative estimate of drug-likeness (QED) is 0.361. The second-order valence-electron chi connectivity index (χ2n) is 6.23. The molecule has 0 atom stereocenters. The average Bonchev–Trinajstić information content (AvgIpc) is 3.21. The molecule has 4 rings (SSSR count). The van der Waals surface area contributed by atoms with Gasteiger partial charge >= 0.3 is 0 Å². The van der Waals surface area contributed by atoms with E-state index in [2.05, 4.69) is 16.1 Å². The number of hydrogen-bond donors (Lipinski definition) is 1. The molecule has 29 heavy (non-hydrogen) atoms. The standard InChI is InChI=1S/C15H13F2N4.C6H6O.Pt/c1-9-6-10(2)21(19-9)14-7-11(12(16)8-13(14)17)15-18-4-5-20(15)3;7-6-4-2-1-3-5-6;/h4-6,8H,1-3H3;1-5,7H;/q-1;;. The van der Waals surface area contributed by atoms with Crippen LogP contribution in [0.2, 0.25) is 0 Å². The van der Waals surface area contributed by atoms with Crippen LogP contribution in [-0.2, 0) is 28.1 Å². The number of rotatable bonds is 2. The third-order valence-corrected chi connectivity index (χ3v) is 3.98. The molecule has 1 N–H and O–H groups in total. The Kier molecular flexibility index (Phi) is 7.45.